The van der Waals surface area contributed by atoms with Crippen molar-refractivity contribution in [2.24, 2.45) is 15.8 Å². The molecule has 4 rings (SSSR count). The van der Waals surface area contributed by atoms with Gasteiger partial charge in [0.05, 0.1) is 17.9 Å². The van der Waals surface area contributed by atoms with Crippen LogP contribution >= 0.6 is 0 Å². The molecule has 70 heavy (non-hydrogen) atoms. The van der Waals surface area contributed by atoms with Crippen LogP contribution in [0.25, 0.3) is 0 Å². The number of aliphatic imine (C=N–C) groups is 1. The molecule has 1 saturated heterocycles. The van der Waals surface area contributed by atoms with Crippen LogP contribution in [0.15, 0.2) is 41.4 Å². The average molecular weight is 1070 g/mol. The molecule has 26 heteroatoms. The number of aryl methyl sites for hydroxylation is 4. The summed E-state index contributed by atoms with van der Waals surface area (Å²) in [5.41, 5.74) is -10.5. The van der Waals surface area contributed by atoms with E-state index in [1.807, 2.05) is 9.84 Å². The smallest absolute Gasteiger partial charge is 0.850 e. The van der Waals surface area contributed by atoms with E-state index in [1.165, 1.54) is 34.4 Å². The fourth-order valence-corrected chi connectivity index (χ4v) is 8.32. The van der Waals surface area contributed by atoms with Crippen LogP contribution in [0.3, 0.4) is 0 Å². The van der Waals surface area contributed by atoms with E-state index in [4.69, 9.17) is 22.7 Å². The summed E-state index contributed by atoms with van der Waals surface area (Å²) in [5, 5.41) is 11.9. The summed E-state index contributed by atoms with van der Waals surface area (Å²) in [7, 11) is -19.8. The summed E-state index contributed by atoms with van der Waals surface area (Å²) in [6, 6.07) is 13.1. The van der Waals surface area contributed by atoms with Gasteiger partial charge in [0.25, 0.3) is 0 Å². The molecule has 2 aromatic carbocycles. The number of epoxide rings is 1. The molecule has 2 aromatic rings. The van der Waals surface area contributed by atoms with Crippen molar-refractivity contribution in [3.8, 4) is 0 Å². The number of alkyl halides is 9. The third kappa shape index (κ3) is 25.0. The van der Waals surface area contributed by atoms with E-state index < -0.39 is 52.5 Å². The number of hydrogen-bond acceptors (Lipinski definition) is 11. The number of para-hydroxylation sites is 2. The van der Waals surface area contributed by atoms with Crippen molar-refractivity contribution in [2.75, 3.05) is 6.61 Å². The molecular weight excluding hydrogens is 1000 g/mol. The Bertz CT molecular complexity index is 2270. The van der Waals surface area contributed by atoms with Gasteiger partial charge in [-0.2, -0.15) is 60.9 Å². The van der Waals surface area contributed by atoms with Crippen LogP contribution in [0.4, 0.5) is 50.9 Å². The molecule has 12 nitrogen and oxygen atoms in total. The second-order valence-electron chi connectivity index (χ2n) is 18.7. The number of hydrogen-bond donors (Lipinski definition) is 0. The first-order valence-electron chi connectivity index (χ1n) is 20.8. The van der Waals surface area contributed by atoms with Gasteiger partial charge in [-0.25, -0.2) is 8.42 Å². The second kappa shape index (κ2) is 27.2. The van der Waals surface area contributed by atoms with Crippen LogP contribution in [-0.2, 0) is 64.4 Å². The van der Waals surface area contributed by atoms with Crippen LogP contribution in [0.5, 0.6) is 0 Å². The molecule has 0 unspecified atom stereocenters. The van der Waals surface area contributed by atoms with Crippen molar-refractivity contribution >= 4 is 62.6 Å². The minimum absolute atomic E-state index is 0. The van der Waals surface area contributed by atoms with E-state index in [9.17, 15) is 61.5 Å². The fourth-order valence-electron chi connectivity index (χ4n) is 6.76. The molecule has 0 saturated carbocycles. The number of rotatable bonds is 11. The van der Waals surface area contributed by atoms with Gasteiger partial charge in [0, 0.05) is 51.4 Å². The molecule has 3 radical (unpaired) electrons. The molecule has 2 heterocycles. The van der Waals surface area contributed by atoms with Crippen molar-refractivity contribution in [3.05, 3.63) is 58.7 Å². The van der Waals surface area contributed by atoms with Gasteiger partial charge in [0.15, 0.2) is 21.9 Å². The van der Waals surface area contributed by atoms with Crippen LogP contribution in [0, 0.1) is 10.8 Å². The van der Waals surface area contributed by atoms with Crippen LogP contribution in [-0.4, -0.2) is 95.1 Å². The van der Waals surface area contributed by atoms with Crippen molar-refractivity contribution < 1.29 is 106 Å². The molecule has 0 aliphatic carbocycles. The maximum Gasteiger partial charge on any atom is 1.00 e. The van der Waals surface area contributed by atoms with Gasteiger partial charge >= 0.3 is 55.6 Å². The van der Waals surface area contributed by atoms with Crippen molar-refractivity contribution in [1.82, 2.24) is 0 Å². The summed E-state index contributed by atoms with van der Waals surface area (Å²) >= 11 is 0. The minimum atomic E-state index is -6.85. The molecule has 399 valence electrons. The number of halogens is 9. The normalized spacial score (nSPS) is 16.3. The van der Waals surface area contributed by atoms with Crippen LogP contribution in [0.1, 0.15) is 139 Å². The Morgan fingerprint density at radius 3 is 1.24 bits per heavy atom. The zero-order valence-corrected chi connectivity index (χ0v) is 44.2. The topological polar surface area (TPSA) is 186 Å². The first-order valence-corrected chi connectivity index (χ1v) is 25.0. The van der Waals surface area contributed by atoms with Crippen LogP contribution in [0.2, 0.25) is 0 Å². The molecule has 0 bridgehead atoms. The third-order valence-corrected chi connectivity index (χ3v) is 12.5. The first-order chi connectivity index (χ1) is 29.7. The van der Waals surface area contributed by atoms with E-state index in [0.717, 1.165) is 38.0 Å². The molecule has 2 aliphatic heterocycles. The van der Waals surface area contributed by atoms with Crippen molar-refractivity contribution in [3.63, 3.8) is 0 Å². The molecule has 0 aromatic heterocycles. The van der Waals surface area contributed by atoms with Crippen molar-refractivity contribution in [2.45, 2.75) is 176 Å². The second-order valence-corrected chi connectivity index (χ2v) is 23.4. The Morgan fingerprint density at radius 2 is 1.01 bits per heavy atom. The molecule has 0 spiro atoms. The van der Waals surface area contributed by atoms with E-state index in [0.29, 0.717) is 6.42 Å². The Labute approximate surface area is 424 Å². The summed E-state index contributed by atoms with van der Waals surface area (Å²) in [4.78, 5) is 4.74. The van der Waals surface area contributed by atoms with Gasteiger partial charge in [-0.15, -0.1) is 9.23 Å². The molecule has 2 aliphatic rings. The fraction of sp³-hybridized carbons (Fsp3) is 0.682. The zero-order chi connectivity index (χ0) is 53.3. The largest absolute Gasteiger partial charge is 1.00 e. The number of benzene rings is 2. The average Bonchev–Trinajstić information content (AvgIpc) is 3.77. The van der Waals surface area contributed by atoms with Gasteiger partial charge in [0.2, 0.25) is 5.69 Å². The van der Waals surface area contributed by atoms with E-state index in [2.05, 4.69) is 130 Å². The Hall–Kier alpha value is -2.50. The Kier molecular flexibility index (Phi) is 28.7. The van der Waals surface area contributed by atoms with Gasteiger partial charge < -0.3 is 14.4 Å². The minimum Gasteiger partial charge on any atom is -0.850 e. The molecule has 0 amide bonds. The quantitative estimate of drug-likeness (QED) is 0.0413. The van der Waals surface area contributed by atoms with Gasteiger partial charge in [-0.1, -0.05) is 119 Å². The molecule has 1 fully saturated rings. The Balaban J connectivity index is -0.000000408. The molecule has 0 atom stereocenters. The van der Waals surface area contributed by atoms with E-state index in [1.54, 1.807) is 13.8 Å². The predicted octanol–water partition coefficient (Wildman–Crippen LogP) is 7.61. The maximum atomic E-state index is 11.9. The van der Waals surface area contributed by atoms with Crippen molar-refractivity contribution in [1.29, 1.82) is 0 Å². The maximum absolute atomic E-state index is 11.9. The Morgan fingerprint density at radius 1 is 0.700 bits per heavy atom. The predicted molar refractivity (Wildman–Crippen MR) is 249 cm³/mol. The first kappa shape index (κ1) is 74.0. The molecular formula is C44H68BF9LiN2O10S3. The monoisotopic (exact) mass is 1070 g/mol. The zero-order valence-electron chi connectivity index (χ0n) is 41.7. The van der Waals surface area contributed by atoms with Crippen LogP contribution < -0.4 is 24.0 Å². The summed E-state index contributed by atoms with van der Waals surface area (Å²) in [5.74, 6) is 0. The summed E-state index contributed by atoms with van der Waals surface area (Å²) in [6.45, 7) is 31.0. The number of ether oxygens (including phenoxy) is 1. The third-order valence-electron chi connectivity index (χ3n) is 9.37. The van der Waals surface area contributed by atoms with Gasteiger partial charge in [0.1, 0.15) is 0 Å². The standard InChI is InChI=1S/C18H28NO.C18H28N.C4H8O.C2F6O5S2.CHF3O3S.CH4.B.Li/c1-7-14-10-9-11-15(8-2)16(14)19-13-17(3,4)12-18(5,6)20;1-7-14-10-9-11-15(8-2)16(14)19-13-17(3,4)12-18(19,5)6;1-4(2)3-5-4;3-1(4,5)14(9,10)13-15(11,12)2(6,7)8;2-1(3,4)8(5,6)7;;;/h9-11,13H,7-8,12H2,1-6H3;9-11,13H,7-8,12H2,1-6H3;3H2,1-2H3;;(H,5,6,7);1H4;;/q-1;+1;;;;;;+1/p-1. The number of nitrogens with zero attached hydrogens (tertiary/aromatic N) is 2. The summed E-state index contributed by atoms with van der Waals surface area (Å²) < 4.78 is 176. The summed E-state index contributed by atoms with van der Waals surface area (Å²) in [6.07, 6.45) is 10.4. The van der Waals surface area contributed by atoms with Gasteiger partial charge in [-0.05, 0) is 56.1 Å². The SMILES string of the molecule is C.CC1(C)CO1.CCc1cccc(CC)c1N=CC(C)(C)CC(C)(C)[O-].CCc1cccc(CC)c1[N+]1=CC(C)(C)CC1(C)C.O=S(=O)(OS(=O)(=O)C(F)(F)F)C(F)(F)F.O=S(=O)([O-])C(F)(F)F.[B].[Li+]. The van der Waals surface area contributed by atoms with Gasteiger partial charge in [-0.3, -0.25) is 4.99 Å². The van der Waals surface area contributed by atoms with E-state index in [-0.39, 0.29) is 56.7 Å². The molecule has 0 N–H and O–H groups in total. The van der Waals surface area contributed by atoms with E-state index >= 15 is 0 Å².